The van der Waals surface area contributed by atoms with Crippen LogP contribution in [-0.4, -0.2) is 16.6 Å². The molecular weight excluding hydrogens is 170 g/mol. The second kappa shape index (κ2) is 3.93. The molecule has 5 nitrogen and oxygen atoms in total. The van der Waals surface area contributed by atoms with Crippen molar-refractivity contribution in [2.45, 2.75) is 20.3 Å². The molecule has 0 fully saturated rings. The average Bonchev–Trinajstić information content (AvgIpc) is 2.09. The Bertz CT molecular complexity index is 346. The molecule has 0 aliphatic heterocycles. The van der Waals surface area contributed by atoms with Crippen LogP contribution in [0.1, 0.15) is 19.2 Å². The molecule has 0 saturated heterocycles. The van der Waals surface area contributed by atoms with Crippen LogP contribution in [0.15, 0.2) is 4.79 Å². The van der Waals surface area contributed by atoms with Crippen LogP contribution in [0.2, 0.25) is 0 Å². The van der Waals surface area contributed by atoms with E-state index in [4.69, 9.17) is 10.5 Å². The molecule has 3 N–H and O–H groups in total. The second-order valence-electron chi connectivity index (χ2n) is 2.72. The molecule has 0 aliphatic carbocycles. The molecule has 0 unspecified atom stereocenters. The molecule has 0 amide bonds. The van der Waals surface area contributed by atoms with Crippen LogP contribution in [-0.2, 0) is 0 Å². The first-order chi connectivity index (χ1) is 6.15. The molecule has 0 aromatic carbocycles. The zero-order chi connectivity index (χ0) is 9.84. The highest BCUT2D eigenvalue weighted by Gasteiger charge is 2.06. The van der Waals surface area contributed by atoms with Gasteiger partial charge in [0.2, 0.25) is 5.88 Å². The number of nitrogens with one attached hydrogen (secondary N) is 1. The molecule has 0 saturated carbocycles. The number of aryl methyl sites for hydroxylation is 1. The highest BCUT2D eigenvalue weighted by molar-refractivity contribution is 5.45. The third kappa shape index (κ3) is 2.21. The number of hydrogen-bond donors (Lipinski definition) is 2. The van der Waals surface area contributed by atoms with Gasteiger partial charge in [0.1, 0.15) is 5.82 Å². The quantitative estimate of drug-likeness (QED) is 0.712. The summed E-state index contributed by atoms with van der Waals surface area (Å²) in [6.45, 7) is 4.16. The van der Waals surface area contributed by atoms with Gasteiger partial charge in [0.05, 0.1) is 6.61 Å². The number of rotatable bonds is 3. The van der Waals surface area contributed by atoms with Gasteiger partial charge in [-0.2, -0.15) is 4.98 Å². The number of H-pyrrole nitrogens is 1. The Kier molecular flexibility index (Phi) is 2.89. The summed E-state index contributed by atoms with van der Waals surface area (Å²) in [6, 6.07) is 0. The lowest BCUT2D eigenvalue weighted by atomic mass is 10.5. The lowest BCUT2D eigenvalue weighted by Gasteiger charge is -2.05. The van der Waals surface area contributed by atoms with E-state index in [9.17, 15) is 4.79 Å². The third-order valence-corrected chi connectivity index (χ3v) is 1.48. The first-order valence-corrected chi connectivity index (χ1v) is 4.14. The average molecular weight is 183 g/mol. The lowest BCUT2D eigenvalue weighted by Crippen LogP contribution is -2.16. The van der Waals surface area contributed by atoms with E-state index < -0.39 is 0 Å². The fourth-order valence-electron chi connectivity index (χ4n) is 0.878. The van der Waals surface area contributed by atoms with Crippen molar-refractivity contribution >= 4 is 5.69 Å². The summed E-state index contributed by atoms with van der Waals surface area (Å²) in [5.74, 6) is 0.730. The molecule has 0 aliphatic rings. The van der Waals surface area contributed by atoms with E-state index >= 15 is 0 Å². The van der Waals surface area contributed by atoms with Gasteiger partial charge in [-0.1, -0.05) is 6.92 Å². The molecule has 0 radical (unpaired) electrons. The minimum Gasteiger partial charge on any atom is -0.476 e. The van der Waals surface area contributed by atoms with Crippen molar-refractivity contribution in [2.24, 2.45) is 0 Å². The highest BCUT2D eigenvalue weighted by Crippen LogP contribution is 2.12. The van der Waals surface area contributed by atoms with Crippen molar-refractivity contribution < 1.29 is 4.74 Å². The predicted molar refractivity (Wildman–Crippen MR) is 49.8 cm³/mol. The van der Waals surface area contributed by atoms with Crippen molar-refractivity contribution in [3.63, 3.8) is 0 Å². The fraction of sp³-hybridized carbons (Fsp3) is 0.500. The molecular formula is C8H13N3O2. The minimum atomic E-state index is -0.349. The number of aromatic nitrogens is 2. The Morgan fingerprint density at radius 2 is 2.31 bits per heavy atom. The summed E-state index contributed by atoms with van der Waals surface area (Å²) >= 11 is 0. The fourth-order valence-corrected chi connectivity index (χ4v) is 0.878. The molecule has 0 bridgehead atoms. The number of hydrogen-bond acceptors (Lipinski definition) is 4. The Morgan fingerprint density at radius 1 is 1.62 bits per heavy atom. The molecule has 1 rings (SSSR count). The van der Waals surface area contributed by atoms with Gasteiger partial charge in [-0.05, 0) is 13.3 Å². The number of nitrogens with two attached hydrogens (primary N) is 1. The second-order valence-corrected chi connectivity index (χ2v) is 2.72. The van der Waals surface area contributed by atoms with E-state index in [2.05, 4.69) is 9.97 Å². The van der Waals surface area contributed by atoms with Crippen LogP contribution < -0.4 is 16.0 Å². The topological polar surface area (TPSA) is 81.0 Å². The van der Waals surface area contributed by atoms with Crippen LogP contribution in [0.4, 0.5) is 5.69 Å². The summed E-state index contributed by atoms with van der Waals surface area (Å²) in [4.78, 5) is 17.6. The summed E-state index contributed by atoms with van der Waals surface area (Å²) < 4.78 is 5.19. The Morgan fingerprint density at radius 3 is 2.92 bits per heavy atom. The van der Waals surface area contributed by atoms with Gasteiger partial charge in [0.25, 0.3) is 5.56 Å². The van der Waals surface area contributed by atoms with Gasteiger partial charge < -0.3 is 15.5 Å². The minimum absolute atomic E-state index is 0.0408. The van der Waals surface area contributed by atoms with Gasteiger partial charge in [-0.25, -0.2) is 0 Å². The smallest absolute Gasteiger partial charge is 0.278 e. The number of ether oxygens (including phenoxy) is 1. The van der Waals surface area contributed by atoms with Crippen molar-refractivity contribution in [3.05, 3.63) is 16.2 Å². The van der Waals surface area contributed by atoms with Gasteiger partial charge in [-0.3, -0.25) is 4.79 Å². The van der Waals surface area contributed by atoms with Crippen LogP contribution in [0.5, 0.6) is 5.88 Å². The molecule has 1 aromatic heterocycles. The van der Waals surface area contributed by atoms with E-state index in [-0.39, 0.29) is 17.1 Å². The number of nitrogens with zero attached hydrogens (tertiary/aromatic N) is 1. The standard InChI is InChI=1S/C8H13N3O2/c1-3-4-13-8-6(9)7(12)10-5(2)11-8/h3-4,9H2,1-2H3,(H,10,11,12). The van der Waals surface area contributed by atoms with Gasteiger partial charge in [0, 0.05) is 0 Å². The molecule has 13 heavy (non-hydrogen) atoms. The van der Waals surface area contributed by atoms with Gasteiger partial charge >= 0.3 is 0 Å². The molecule has 1 aromatic rings. The SMILES string of the molecule is CCCOc1nc(C)[nH]c(=O)c1N. The number of aromatic amines is 1. The van der Waals surface area contributed by atoms with Crippen molar-refractivity contribution in [1.29, 1.82) is 0 Å². The van der Waals surface area contributed by atoms with E-state index in [1.807, 2.05) is 6.92 Å². The van der Waals surface area contributed by atoms with Crippen molar-refractivity contribution in [1.82, 2.24) is 9.97 Å². The van der Waals surface area contributed by atoms with Crippen molar-refractivity contribution in [2.75, 3.05) is 12.3 Å². The maximum Gasteiger partial charge on any atom is 0.278 e. The van der Waals surface area contributed by atoms with Crippen LogP contribution >= 0.6 is 0 Å². The molecule has 0 atom stereocenters. The van der Waals surface area contributed by atoms with Gasteiger partial charge in [-0.15, -0.1) is 0 Å². The Labute approximate surface area is 75.9 Å². The third-order valence-electron chi connectivity index (χ3n) is 1.48. The first kappa shape index (κ1) is 9.57. The monoisotopic (exact) mass is 183 g/mol. The first-order valence-electron chi connectivity index (χ1n) is 4.14. The van der Waals surface area contributed by atoms with Crippen LogP contribution in [0.3, 0.4) is 0 Å². The van der Waals surface area contributed by atoms with E-state index in [0.29, 0.717) is 12.4 Å². The zero-order valence-corrected chi connectivity index (χ0v) is 7.76. The van der Waals surface area contributed by atoms with E-state index in [1.165, 1.54) is 0 Å². The summed E-state index contributed by atoms with van der Waals surface area (Å²) in [7, 11) is 0. The molecule has 5 heteroatoms. The summed E-state index contributed by atoms with van der Waals surface area (Å²) in [5, 5.41) is 0. The maximum atomic E-state index is 11.1. The predicted octanol–water partition coefficient (Wildman–Crippen LogP) is 0.449. The normalized spacial score (nSPS) is 10.0. The summed E-state index contributed by atoms with van der Waals surface area (Å²) in [5.41, 5.74) is 5.15. The van der Waals surface area contributed by atoms with Crippen LogP contribution in [0.25, 0.3) is 0 Å². The van der Waals surface area contributed by atoms with E-state index in [0.717, 1.165) is 6.42 Å². The maximum absolute atomic E-state index is 11.1. The molecule has 1 heterocycles. The highest BCUT2D eigenvalue weighted by atomic mass is 16.5. The van der Waals surface area contributed by atoms with Crippen LogP contribution in [0, 0.1) is 6.92 Å². The number of nitrogen functional groups attached to an aromatic ring is 1. The number of anilines is 1. The van der Waals surface area contributed by atoms with Gasteiger partial charge in [0.15, 0.2) is 5.69 Å². The van der Waals surface area contributed by atoms with Crippen molar-refractivity contribution in [3.8, 4) is 5.88 Å². The zero-order valence-electron chi connectivity index (χ0n) is 7.76. The Balaban J connectivity index is 2.99. The largest absolute Gasteiger partial charge is 0.476 e. The lowest BCUT2D eigenvalue weighted by molar-refractivity contribution is 0.305. The van der Waals surface area contributed by atoms with E-state index in [1.54, 1.807) is 6.92 Å². The molecule has 0 spiro atoms. The molecule has 72 valence electrons. The Hall–Kier alpha value is -1.52. The summed E-state index contributed by atoms with van der Waals surface area (Å²) in [6.07, 6.45) is 0.854.